The fourth-order valence-electron chi connectivity index (χ4n) is 1.94. The third-order valence-corrected chi connectivity index (χ3v) is 3.08. The van der Waals surface area contributed by atoms with Crippen LogP contribution in [0, 0.1) is 0 Å². The van der Waals surface area contributed by atoms with Crippen LogP contribution in [0.25, 0.3) is 0 Å². The van der Waals surface area contributed by atoms with E-state index in [1.165, 1.54) is 0 Å². The van der Waals surface area contributed by atoms with Crippen molar-refractivity contribution >= 4 is 5.91 Å². The van der Waals surface area contributed by atoms with Crippen LogP contribution in [0.4, 0.5) is 0 Å². The Kier molecular flexibility index (Phi) is 5.05. The Bertz CT molecular complexity index is 208. The highest BCUT2D eigenvalue weighted by Gasteiger charge is 2.27. The van der Waals surface area contributed by atoms with Gasteiger partial charge in [0.05, 0.1) is 18.8 Å². The van der Waals surface area contributed by atoms with Crippen LogP contribution < -0.4 is 0 Å². The molecular weight excluding hydrogens is 194 g/mol. The molecule has 1 aliphatic heterocycles. The quantitative estimate of drug-likeness (QED) is 0.737. The SMILES string of the molecule is COC(C)CCC(=O)N1CCC[C@H]1CO. The molecule has 0 aromatic rings. The molecule has 88 valence electrons. The number of nitrogens with zero attached hydrogens (tertiary/aromatic N) is 1. The van der Waals surface area contributed by atoms with Crippen LogP contribution in [0.2, 0.25) is 0 Å². The number of methoxy groups -OCH3 is 1. The summed E-state index contributed by atoms with van der Waals surface area (Å²) in [5, 5.41) is 9.09. The maximum atomic E-state index is 11.8. The van der Waals surface area contributed by atoms with Crippen molar-refractivity contribution in [1.82, 2.24) is 4.90 Å². The summed E-state index contributed by atoms with van der Waals surface area (Å²) >= 11 is 0. The number of hydrogen-bond acceptors (Lipinski definition) is 3. The van der Waals surface area contributed by atoms with Gasteiger partial charge in [0.2, 0.25) is 5.91 Å². The van der Waals surface area contributed by atoms with E-state index in [2.05, 4.69) is 0 Å². The van der Waals surface area contributed by atoms with Crippen molar-refractivity contribution < 1.29 is 14.6 Å². The summed E-state index contributed by atoms with van der Waals surface area (Å²) < 4.78 is 5.10. The average Bonchev–Trinajstić information content (AvgIpc) is 2.73. The van der Waals surface area contributed by atoms with Gasteiger partial charge in [-0.2, -0.15) is 0 Å². The minimum atomic E-state index is 0.0513. The van der Waals surface area contributed by atoms with Crippen LogP contribution in [0.3, 0.4) is 0 Å². The number of likely N-dealkylation sites (tertiary alicyclic amines) is 1. The average molecular weight is 215 g/mol. The molecule has 0 aromatic heterocycles. The lowest BCUT2D eigenvalue weighted by molar-refractivity contribution is -0.133. The number of rotatable bonds is 5. The normalized spacial score (nSPS) is 23.1. The van der Waals surface area contributed by atoms with Gasteiger partial charge in [-0.3, -0.25) is 4.79 Å². The minimum absolute atomic E-state index is 0.0513. The summed E-state index contributed by atoms with van der Waals surface area (Å²) in [6, 6.07) is 0.0513. The summed E-state index contributed by atoms with van der Waals surface area (Å²) in [5.74, 6) is 0.149. The first-order valence-electron chi connectivity index (χ1n) is 5.62. The molecule has 0 radical (unpaired) electrons. The van der Waals surface area contributed by atoms with Gasteiger partial charge in [0, 0.05) is 20.1 Å². The number of hydrogen-bond donors (Lipinski definition) is 1. The van der Waals surface area contributed by atoms with Crippen LogP contribution in [0.15, 0.2) is 0 Å². The molecule has 1 heterocycles. The number of aliphatic hydroxyl groups excluding tert-OH is 1. The van der Waals surface area contributed by atoms with Gasteiger partial charge in [-0.25, -0.2) is 0 Å². The summed E-state index contributed by atoms with van der Waals surface area (Å²) in [5.41, 5.74) is 0. The Balaban J connectivity index is 2.33. The highest BCUT2D eigenvalue weighted by molar-refractivity contribution is 5.76. The Morgan fingerprint density at radius 3 is 3.00 bits per heavy atom. The fourth-order valence-corrected chi connectivity index (χ4v) is 1.94. The van der Waals surface area contributed by atoms with Crippen LogP contribution in [-0.2, 0) is 9.53 Å². The van der Waals surface area contributed by atoms with E-state index in [0.29, 0.717) is 6.42 Å². The van der Waals surface area contributed by atoms with Gasteiger partial charge >= 0.3 is 0 Å². The molecule has 0 saturated carbocycles. The third kappa shape index (κ3) is 3.47. The number of amides is 1. The van der Waals surface area contributed by atoms with E-state index in [-0.39, 0.29) is 24.7 Å². The maximum absolute atomic E-state index is 11.8. The van der Waals surface area contributed by atoms with Gasteiger partial charge in [0.1, 0.15) is 0 Å². The molecule has 1 saturated heterocycles. The Morgan fingerprint density at radius 1 is 1.67 bits per heavy atom. The maximum Gasteiger partial charge on any atom is 0.222 e. The molecule has 4 nitrogen and oxygen atoms in total. The van der Waals surface area contributed by atoms with E-state index in [4.69, 9.17) is 9.84 Å². The summed E-state index contributed by atoms with van der Waals surface area (Å²) in [6.07, 6.45) is 3.35. The molecule has 0 bridgehead atoms. The lowest BCUT2D eigenvalue weighted by atomic mass is 10.2. The second-order valence-corrected chi connectivity index (χ2v) is 4.15. The highest BCUT2D eigenvalue weighted by Crippen LogP contribution is 2.18. The van der Waals surface area contributed by atoms with E-state index >= 15 is 0 Å². The van der Waals surface area contributed by atoms with E-state index in [0.717, 1.165) is 25.8 Å². The predicted molar refractivity (Wildman–Crippen MR) is 57.5 cm³/mol. The summed E-state index contributed by atoms with van der Waals surface area (Å²) in [4.78, 5) is 13.6. The van der Waals surface area contributed by atoms with Crippen LogP contribution >= 0.6 is 0 Å². The largest absolute Gasteiger partial charge is 0.394 e. The molecule has 2 atom stereocenters. The van der Waals surface area contributed by atoms with E-state index in [1.807, 2.05) is 11.8 Å². The Morgan fingerprint density at radius 2 is 2.40 bits per heavy atom. The molecule has 1 fully saturated rings. The van der Waals surface area contributed by atoms with Crippen molar-refractivity contribution in [2.45, 2.75) is 44.8 Å². The molecule has 0 spiro atoms. The van der Waals surface area contributed by atoms with Gasteiger partial charge in [-0.1, -0.05) is 0 Å². The van der Waals surface area contributed by atoms with E-state index in [1.54, 1.807) is 7.11 Å². The predicted octanol–water partition coefficient (Wildman–Crippen LogP) is 0.785. The van der Waals surface area contributed by atoms with Crippen molar-refractivity contribution in [3.63, 3.8) is 0 Å². The zero-order chi connectivity index (χ0) is 11.3. The number of aliphatic hydroxyl groups is 1. The monoisotopic (exact) mass is 215 g/mol. The van der Waals surface area contributed by atoms with Gasteiger partial charge in [-0.15, -0.1) is 0 Å². The standard InChI is InChI=1S/C11H21NO3/c1-9(15-2)5-6-11(14)12-7-3-4-10(12)8-13/h9-10,13H,3-8H2,1-2H3/t9?,10-/m0/s1. The van der Waals surface area contributed by atoms with Gasteiger partial charge in [0.15, 0.2) is 0 Å². The molecule has 1 N–H and O–H groups in total. The van der Waals surface area contributed by atoms with Gasteiger partial charge in [-0.05, 0) is 26.2 Å². The van der Waals surface area contributed by atoms with Crippen molar-refractivity contribution in [3.8, 4) is 0 Å². The molecule has 1 aliphatic rings. The zero-order valence-electron chi connectivity index (χ0n) is 9.61. The van der Waals surface area contributed by atoms with Crippen molar-refractivity contribution in [2.75, 3.05) is 20.3 Å². The number of carbonyl (C=O) groups excluding carboxylic acids is 1. The first kappa shape index (κ1) is 12.5. The molecule has 1 rings (SSSR count). The minimum Gasteiger partial charge on any atom is -0.394 e. The molecule has 1 amide bonds. The second kappa shape index (κ2) is 6.08. The lowest BCUT2D eigenvalue weighted by Gasteiger charge is -2.23. The van der Waals surface area contributed by atoms with E-state index < -0.39 is 0 Å². The van der Waals surface area contributed by atoms with Crippen molar-refractivity contribution in [1.29, 1.82) is 0 Å². The molecule has 15 heavy (non-hydrogen) atoms. The lowest BCUT2D eigenvalue weighted by Crippen LogP contribution is -2.37. The number of ether oxygens (including phenoxy) is 1. The topological polar surface area (TPSA) is 49.8 Å². The Labute approximate surface area is 91.2 Å². The summed E-state index contributed by atoms with van der Waals surface area (Å²) in [7, 11) is 1.65. The zero-order valence-corrected chi connectivity index (χ0v) is 9.61. The summed E-state index contributed by atoms with van der Waals surface area (Å²) in [6.45, 7) is 2.85. The van der Waals surface area contributed by atoms with Crippen LogP contribution in [-0.4, -0.2) is 48.3 Å². The number of carbonyl (C=O) groups is 1. The van der Waals surface area contributed by atoms with Gasteiger partial charge < -0.3 is 14.7 Å². The van der Waals surface area contributed by atoms with Crippen LogP contribution in [0.1, 0.15) is 32.6 Å². The van der Waals surface area contributed by atoms with E-state index in [9.17, 15) is 4.79 Å². The fraction of sp³-hybridized carbons (Fsp3) is 0.909. The molecule has 0 aromatic carbocycles. The van der Waals surface area contributed by atoms with Crippen molar-refractivity contribution in [2.24, 2.45) is 0 Å². The van der Waals surface area contributed by atoms with Crippen LogP contribution in [0.5, 0.6) is 0 Å². The molecule has 4 heteroatoms. The smallest absolute Gasteiger partial charge is 0.222 e. The Hall–Kier alpha value is -0.610. The van der Waals surface area contributed by atoms with Gasteiger partial charge in [0.25, 0.3) is 0 Å². The highest BCUT2D eigenvalue weighted by atomic mass is 16.5. The molecule has 1 unspecified atom stereocenters. The second-order valence-electron chi connectivity index (χ2n) is 4.15. The first-order chi connectivity index (χ1) is 7.19. The molecular formula is C11H21NO3. The molecule has 0 aliphatic carbocycles. The third-order valence-electron chi connectivity index (χ3n) is 3.08. The first-order valence-corrected chi connectivity index (χ1v) is 5.62. The van der Waals surface area contributed by atoms with Crippen molar-refractivity contribution in [3.05, 3.63) is 0 Å².